The Morgan fingerprint density at radius 3 is 2.74 bits per heavy atom. The number of amides is 1. The summed E-state index contributed by atoms with van der Waals surface area (Å²) in [6, 6.07) is 13.3. The number of nitrogens with zero attached hydrogens (tertiary/aromatic N) is 3. The molecule has 0 spiro atoms. The Morgan fingerprint density at radius 1 is 1.18 bits per heavy atom. The summed E-state index contributed by atoms with van der Waals surface area (Å²) in [6.07, 6.45) is 1.56. The number of sulfonamides is 1. The molecule has 1 aliphatic rings. The molecule has 2 aromatic carbocycles. The molecule has 0 atom stereocenters. The molecule has 1 aromatic heterocycles. The molecule has 1 amide bonds. The summed E-state index contributed by atoms with van der Waals surface area (Å²) in [5.41, 5.74) is 2.32. The van der Waals surface area contributed by atoms with E-state index < -0.39 is 16.0 Å². The van der Waals surface area contributed by atoms with Gasteiger partial charge >= 0.3 is 5.97 Å². The molecule has 0 fully saturated rings. The van der Waals surface area contributed by atoms with Crippen LogP contribution in [0.2, 0.25) is 0 Å². The summed E-state index contributed by atoms with van der Waals surface area (Å²) < 4.78 is 33.5. The highest BCUT2D eigenvalue weighted by molar-refractivity contribution is 7.92. The van der Waals surface area contributed by atoms with Gasteiger partial charge in [0.25, 0.3) is 10.0 Å². The molecule has 0 bridgehead atoms. The fourth-order valence-electron chi connectivity index (χ4n) is 3.86. The molecule has 0 saturated carbocycles. The van der Waals surface area contributed by atoms with Gasteiger partial charge in [0.2, 0.25) is 5.91 Å². The van der Waals surface area contributed by atoms with Crippen LogP contribution in [0.3, 0.4) is 0 Å². The summed E-state index contributed by atoms with van der Waals surface area (Å²) in [5.74, 6) is -0.765. The standard InChI is InChI=1S/C24H25N3O5S2/c1-3-26(17(2)28)24-25-20(16-33-24)15-32-23(29)19-9-6-11-21(14-19)34(30,31)27-13-7-10-18-8-4-5-12-22(18)27/h4-6,8-9,11-12,14,16H,3,7,10,13,15H2,1-2H3. The number of carbonyl (C=O) groups is 2. The van der Waals surface area contributed by atoms with Crippen molar-refractivity contribution < 1.29 is 22.7 Å². The van der Waals surface area contributed by atoms with Crippen LogP contribution >= 0.6 is 11.3 Å². The number of para-hydroxylation sites is 1. The zero-order valence-electron chi connectivity index (χ0n) is 18.9. The van der Waals surface area contributed by atoms with E-state index in [-0.39, 0.29) is 23.0 Å². The van der Waals surface area contributed by atoms with E-state index in [4.69, 9.17) is 4.74 Å². The van der Waals surface area contributed by atoms with Crippen LogP contribution in [0, 0.1) is 0 Å². The minimum atomic E-state index is -3.84. The Hall–Kier alpha value is -3.24. The summed E-state index contributed by atoms with van der Waals surface area (Å²) in [4.78, 5) is 30.3. The average Bonchev–Trinajstić information content (AvgIpc) is 3.31. The number of esters is 1. The second kappa shape index (κ2) is 9.94. The van der Waals surface area contributed by atoms with Gasteiger partial charge in [0.15, 0.2) is 5.13 Å². The van der Waals surface area contributed by atoms with Crippen LogP contribution in [0.5, 0.6) is 0 Å². The molecule has 4 rings (SSSR count). The second-order valence-electron chi connectivity index (χ2n) is 7.80. The molecule has 8 nitrogen and oxygen atoms in total. The van der Waals surface area contributed by atoms with Gasteiger partial charge < -0.3 is 4.74 Å². The fraction of sp³-hybridized carbons (Fsp3) is 0.292. The van der Waals surface area contributed by atoms with Crippen LogP contribution in [0.4, 0.5) is 10.8 Å². The van der Waals surface area contributed by atoms with Crippen LogP contribution in [0.15, 0.2) is 58.8 Å². The predicted octanol–water partition coefficient (Wildman–Crippen LogP) is 4.01. The number of aryl methyl sites for hydroxylation is 1. The van der Waals surface area contributed by atoms with E-state index in [9.17, 15) is 18.0 Å². The molecule has 0 unspecified atom stereocenters. The quantitative estimate of drug-likeness (QED) is 0.456. The highest BCUT2D eigenvalue weighted by Gasteiger charge is 2.29. The predicted molar refractivity (Wildman–Crippen MR) is 131 cm³/mol. The second-order valence-corrected chi connectivity index (χ2v) is 10.5. The zero-order chi connectivity index (χ0) is 24.3. The zero-order valence-corrected chi connectivity index (χ0v) is 20.6. The van der Waals surface area contributed by atoms with Crippen molar-refractivity contribution in [2.24, 2.45) is 0 Å². The average molecular weight is 500 g/mol. The molecule has 3 aromatic rings. The van der Waals surface area contributed by atoms with Crippen molar-refractivity contribution >= 4 is 44.1 Å². The van der Waals surface area contributed by atoms with E-state index in [0.29, 0.717) is 29.6 Å². The van der Waals surface area contributed by atoms with Crippen LogP contribution in [-0.4, -0.2) is 38.4 Å². The van der Waals surface area contributed by atoms with Crippen molar-refractivity contribution in [2.75, 3.05) is 22.3 Å². The van der Waals surface area contributed by atoms with Gasteiger partial charge in [-0.2, -0.15) is 0 Å². The van der Waals surface area contributed by atoms with Gasteiger partial charge in [-0.25, -0.2) is 18.2 Å². The monoisotopic (exact) mass is 499 g/mol. The van der Waals surface area contributed by atoms with Crippen molar-refractivity contribution in [3.8, 4) is 0 Å². The van der Waals surface area contributed by atoms with Crippen molar-refractivity contribution in [3.05, 3.63) is 70.7 Å². The van der Waals surface area contributed by atoms with E-state index in [1.165, 1.54) is 51.7 Å². The molecule has 34 heavy (non-hydrogen) atoms. The first-order chi connectivity index (χ1) is 16.3. The van der Waals surface area contributed by atoms with Gasteiger partial charge in [-0.15, -0.1) is 11.3 Å². The van der Waals surface area contributed by atoms with Crippen molar-refractivity contribution in [1.82, 2.24) is 4.98 Å². The summed E-state index contributed by atoms with van der Waals surface area (Å²) in [7, 11) is -3.84. The third kappa shape index (κ3) is 4.83. The summed E-state index contributed by atoms with van der Waals surface area (Å²) in [6.45, 7) is 4.11. The van der Waals surface area contributed by atoms with Crippen LogP contribution < -0.4 is 9.21 Å². The molecule has 178 valence electrons. The third-order valence-corrected chi connectivity index (χ3v) is 8.26. The number of anilines is 2. The lowest BCUT2D eigenvalue weighted by Gasteiger charge is -2.30. The molecule has 0 N–H and O–H groups in total. The van der Waals surface area contributed by atoms with E-state index in [1.54, 1.807) is 11.4 Å². The third-order valence-electron chi connectivity index (χ3n) is 5.54. The van der Waals surface area contributed by atoms with Gasteiger partial charge in [0.1, 0.15) is 6.61 Å². The number of benzene rings is 2. The largest absolute Gasteiger partial charge is 0.456 e. The van der Waals surface area contributed by atoms with Gasteiger partial charge in [-0.05, 0) is 49.6 Å². The smallest absolute Gasteiger partial charge is 0.338 e. The molecule has 2 heterocycles. The lowest BCUT2D eigenvalue weighted by Crippen LogP contribution is -2.35. The summed E-state index contributed by atoms with van der Waals surface area (Å²) >= 11 is 1.29. The van der Waals surface area contributed by atoms with E-state index >= 15 is 0 Å². The molecular formula is C24H25N3O5S2. The van der Waals surface area contributed by atoms with E-state index in [0.717, 1.165) is 18.4 Å². The van der Waals surface area contributed by atoms with E-state index in [1.807, 2.05) is 25.1 Å². The maximum Gasteiger partial charge on any atom is 0.338 e. The summed E-state index contributed by atoms with van der Waals surface area (Å²) in [5, 5.41) is 2.26. The first-order valence-corrected chi connectivity index (χ1v) is 13.2. The SMILES string of the molecule is CCN(C(C)=O)c1nc(COC(=O)c2cccc(S(=O)(=O)N3CCCc4ccccc43)c2)cs1. The number of thiazole rings is 1. The van der Waals surface area contributed by atoms with E-state index in [2.05, 4.69) is 4.98 Å². The van der Waals surface area contributed by atoms with Gasteiger partial charge in [-0.1, -0.05) is 24.3 Å². The Kier molecular flexibility index (Phi) is 6.99. The maximum atomic E-state index is 13.4. The number of hydrogen-bond donors (Lipinski definition) is 0. The minimum Gasteiger partial charge on any atom is -0.456 e. The first kappa shape index (κ1) is 23.9. The first-order valence-electron chi connectivity index (χ1n) is 10.9. The molecule has 0 aliphatic carbocycles. The minimum absolute atomic E-state index is 0.0367. The fourth-order valence-corrected chi connectivity index (χ4v) is 6.37. The number of rotatable bonds is 7. The number of fused-ring (bicyclic) bond motifs is 1. The number of ether oxygens (including phenoxy) is 1. The van der Waals surface area contributed by atoms with Crippen LogP contribution in [0.1, 0.15) is 41.9 Å². The molecule has 1 aliphatic heterocycles. The van der Waals surface area contributed by atoms with Crippen molar-refractivity contribution in [1.29, 1.82) is 0 Å². The van der Waals surface area contributed by atoms with Crippen LogP contribution in [-0.2, 0) is 32.6 Å². The Balaban J connectivity index is 1.49. The number of carbonyl (C=O) groups excluding carboxylic acids is 2. The Labute approximate surface area is 202 Å². The normalized spacial score (nSPS) is 13.3. The lowest BCUT2D eigenvalue weighted by atomic mass is 10.0. The Bertz CT molecular complexity index is 1320. The van der Waals surface area contributed by atoms with Crippen molar-refractivity contribution in [3.63, 3.8) is 0 Å². The van der Waals surface area contributed by atoms with Gasteiger partial charge in [0, 0.05) is 25.4 Å². The topological polar surface area (TPSA) is 96.9 Å². The van der Waals surface area contributed by atoms with Crippen LogP contribution in [0.25, 0.3) is 0 Å². The molecule has 0 saturated heterocycles. The van der Waals surface area contributed by atoms with Crippen molar-refractivity contribution in [2.45, 2.75) is 38.2 Å². The maximum absolute atomic E-state index is 13.4. The molecule has 0 radical (unpaired) electrons. The highest BCUT2D eigenvalue weighted by atomic mass is 32.2. The van der Waals surface area contributed by atoms with Gasteiger partial charge in [0.05, 0.1) is 21.8 Å². The lowest BCUT2D eigenvalue weighted by molar-refractivity contribution is -0.116. The highest BCUT2D eigenvalue weighted by Crippen LogP contribution is 2.32. The molecular weight excluding hydrogens is 474 g/mol. The Morgan fingerprint density at radius 2 is 1.97 bits per heavy atom. The van der Waals surface area contributed by atoms with Gasteiger partial charge in [-0.3, -0.25) is 14.0 Å². The number of aromatic nitrogens is 1. The molecule has 10 heteroatoms. The number of hydrogen-bond acceptors (Lipinski definition) is 7.